The third-order valence-corrected chi connectivity index (χ3v) is 3.09. The van der Waals surface area contributed by atoms with Gasteiger partial charge in [0.25, 0.3) is 0 Å². The molecule has 1 heterocycles. The number of nitrogen functional groups attached to an aromatic ring is 1. The lowest BCUT2D eigenvalue weighted by Gasteiger charge is -2.25. The van der Waals surface area contributed by atoms with Crippen molar-refractivity contribution in [3.8, 4) is 0 Å². The maximum Gasteiger partial charge on any atom is 0.239 e. The number of aromatic nitrogens is 2. The monoisotopic (exact) mass is 235 g/mol. The van der Waals surface area contributed by atoms with Gasteiger partial charge in [0.15, 0.2) is 0 Å². The first kappa shape index (κ1) is 12.1. The Hall–Kier alpha value is -1.36. The highest BCUT2D eigenvalue weighted by Gasteiger charge is 2.30. The van der Waals surface area contributed by atoms with Crippen LogP contribution < -0.4 is 16.2 Å². The summed E-state index contributed by atoms with van der Waals surface area (Å²) < 4.78 is 0. The van der Waals surface area contributed by atoms with Gasteiger partial charge in [-0.25, -0.2) is 10.8 Å². The van der Waals surface area contributed by atoms with Crippen LogP contribution in [0.4, 0.5) is 11.8 Å². The largest absolute Gasteiger partial charge is 0.353 e. The van der Waals surface area contributed by atoms with Crippen LogP contribution in [0.5, 0.6) is 0 Å². The molecule has 0 unspecified atom stereocenters. The number of nitrogens with two attached hydrogens (primary N) is 1. The zero-order chi connectivity index (χ0) is 12.3. The number of hydrogen-bond acceptors (Lipinski definition) is 5. The van der Waals surface area contributed by atoms with E-state index in [9.17, 15) is 0 Å². The zero-order valence-electron chi connectivity index (χ0n) is 10.6. The van der Waals surface area contributed by atoms with Gasteiger partial charge in [0.1, 0.15) is 5.82 Å². The van der Waals surface area contributed by atoms with Crippen LogP contribution in [-0.2, 0) is 0 Å². The third kappa shape index (κ3) is 2.85. The Kier molecular flexibility index (Phi) is 3.78. The van der Waals surface area contributed by atoms with Crippen LogP contribution in [-0.4, -0.2) is 22.6 Å². The highest BCUT2D eigenvalue weighted by molar-refractivity contribution is 5.50. The summed E-state index contributed by atoms with van der Waals surface area (Å²) in [6.07, 6.45) is 6.79. The normalized spacial score (nSPS) is 14.8. The van der Waals surface area contributed by atoms with Gasteiger partial charge < -0.3 is 4.90 Å². The first-order valence-electron chi connectivity index (χ1n) is 6.33. The van der Waals surface area contributed by atoms with Gasteiger partial charge in [-0.15, -0.1) is 0 Å². The van der Waals surface area contributed by atoms with Crippen LogP contribution in [0, 0.1) is 6.92 Å². The summed E-state index contributed by atoms with van der Waals surface area (Å²) in [6.45, 7) is 5.34. The summed E-state index contributed by atoms with van der Waals surface area (Å²) in [6, 6.07) is 0.667. The van der Waals surface area contributed by atoms with Crippen molar-refractivity contribution in [2.45, 2.75) is 45.6 Å². The second-order valence-corrected chi connectivity index (χ2v) is 4.62. The van der Waals surface area contributed by atoms with Crippen LogP contribution in [0.15, 0.2) is 6.20 Å². The van der Waals surface area contributed by atoms with Gasteiger partial charge in [0.05, 0.1) is 0 Å². The Labute approximate surface area is 102 Å². The van der Waals surface area contributed by atoms with Gasteiger partial charge >= 0.3 is 0 Å². The number of rotatable bonds is 6. The van der Waals surface area contributed by atoms with Crippen LogP contribution in [0.1, 0.15) is 38.2 Å². The molecule has 17 heavy (non-hydrogen) atoms. The molecule has 0 radical (unpaired) electrons. The molecule has 1 aromatic rings. The quantitative estimate of drug-likeness (QED) is 0.581. The molecule has 3 N–H and O–H groups in total. The average Bonchev–Trinajstić information content (AvgIpc) is 3.16. The first-order valence-corrected chi connectivity index (χ1v) is 6.33. The van der Waals surface area contributed by atoms with Crippen LogP contribution >= 0.6 is 0 Å². The van der Waals surface area contributed by atoms with Crippen LogP contribution in [0.3, 0.4) is 0 Å². The van der Waals surface area contributed by atoms with E-state index < -0.39 is 0 Å². The second-order valence-electron chi connectivity index (χ2n) is 4.62. The zero-order valence-corrected chi connectivity index (χ0v) is 10.6. The molecule has 1 aliphatic rings. The van der Waals surface area contributed by atoms with Crippen molar-refractivity contribution in [3.05, 3.63) is 11.8 Å². The summed E-state index contributed by atoms with van der Waals surface area (Å²) >= 11 is 0. The standard InChI is InChI=1S/C12H21N5/c1-3-4-7-17(10-5-6-10)11-9(2)8-14-12(15-11)16-13/h8,10H,3-7,13H2,1-2H3,(H,14,15,16). The van der Waals surface area contributed by atoms with Crippen molar-refractivity contribution >= 4 is 11.8 Å². The smallest absolute Gasteiger partial charge is 0.239 e. The van der Waals surface area contributed by atoms with Crippen molar-refractivity contribution in [2.24, 2.45) is 5.84 Å². The molecule has 0 aromatic carbocycles. The summed E-state index contributed by atoms with van der Waals surface area (Å²) in [7, 11) is 0. The van der Waals surface area contributed by atoms with Gasteiger partial charge in [0.2, 0.25) is 5.95 Å². The average molecular weight is 235 g/mol. The molecule has 0 amide bonds. The molecular weight excluding hydrogens is 214 g/mol. The van der Waals surface area contributed by atoms with Crippen molar-refractivity contribution in [1.29, 1.82) is 0 Å². The number of hydrogen-bond donors (Lipinski definition) is 2. The van der Waals surface area contributed by atoms with E-state index in [1.807, 2.05) is 6.20 Å². The molecular formula is C12H21N5. The van der Waals surface area contributed by atoms with E-state index in [4.69, 9.17) is 5.84 Å². The molecule has 1 saturated carbocycles. The van der Waals surface area contributed by atoms with E-state index in [0.29, 0.717) is 12.0 Å². The van der Waals surface area contributed by atoms with E-state index in [1.165, 1.54) is 25.7 Å². The Bertz CT molecular complexity index is 375. The second kappa shape index (κ2) is 5.31. The fraction of sp³-hybridized carbons (Fsp3) is 0.667. The van der Waals surface area contributed by atoms with Crippen molar-refractivity contribution in [2.75, 3.05) is 16.9 Å². The van der Waals surface area contributed by atoms with Crippen molar-refractivity contribution in [3.63, 3.8) is 0 Å². The fourth-order valence-electron chi connectivity index (χ4n) is 1.97. The number of anilines is 2. The predicted molar refractivity (Wildman–Crippen MR) is 69.9 cm³/mol. The number of nitrogens with zero attached hydrogens (tertiary/aromatic N) is 3. The lowest BCUT2D eigenvalue weighted by Crippen LogP contribution is -2.29. The van der Waals surface area contributed by atoms with E-state index in [0.717, 1.165) is 17.9 Å². The van der Waals surface area contributed by atoms with Gasteiger partial charge in [-0.05, 0) is 26.2 Å². The van der Waals surface area contributed by atoms with Gasteiger partial charge in [0, 0.05) is 24.3 Å². The number of nitrogens with one attached hydrogen (secondary N) is 1. The van der Waals surface area contributed by atoms with Crippen LogP contribution in [0.2, 0.25) is 0 Å². The number of hydrazine groups is 1. The molecule has 1 aliphatic carbocycles. The third-order valence-electron chi connectivity index (χ3n) is 3.09. The molecule has 0 saturated heterocycles. The molecule has 0 aliphatic heterocycles. The first-order chi connectivity index (χ1) is 8.26. The maximum absolute atomic E-state index is 5.37. The number of unbranched alkanes of at least 4 members (excludes halogenated alkanes) is 1. The van der Waals surface area contributed by atoms with Gasteiger partial charge in [-0.1, -0.05) is 13.3 Å². The lowest BCUT2D eigenvalue weighted by molar-refractivity contribution is 0.701. The Morgan fingerprint density at radius 1 is 1.53 bits per heavy atom. The summed E-state index contributed by atoms with van der Waals surface area (Å²) in [5, 5.41) is 0. The molecule has 0 atom stereocenters. The highest BCUT2D eigenvalue weighted by Crippen LogP contribution is 2.32. The SMILES string of the molecule is CCCCN(c1nc(NN)ncc1C)C1CC1. The molecule has 5 heteroatoms. The molecule has 94 valence electrons. The Balaban J connectivity index is 2.21. The van der Waals surface area contributed by atoms with Crippen molar-refractivity contribution in [1.82, 2.24) is 9.97 Å². The summed E-state index contributed by atoms with van der Waals surface area (Å²) in [5.74, 6) is 6.89. The Morgan fingerprint density at radius 3 is 2.88 bits per heavy atom. The minimum atomic E-state index is 0.493. The maximum atomic E-state index is 5.37. The van der Waals surface area contributed by atoms with Crippen LogP contribution in [0.25, 0.3) is 0 Å². The summed E-state index contributed by atoms with van der Waals surface area (Å²) in [5.41, 5.74) is 3.63. The minimum Gasteiger partial charge on any atom is -0.353 e. The van der Waals surface area contributed by atoms with Gasteiger partial charge in [-0.2, -0.15) is 4.98 Å². The molecule has 1 fully saturated rings. The fourth-order valence-corrected chi connectivity index (χ4v) is 1.97. The summed E-state index contributed by atoms with van der Waals surface area (Å²) in [4.78, 5) is 11.0. The van der Waals surface area contributed by atoms with Crippen molar-refractivity contribution < 1.29 is 0 Å². The topological polar surface area (TPSA) is 67.1 Å². The van der Waals surface area contributed by atoms with E-state index in [-0.39, 0.29) is 0 Å². The molecule has 5 nitrogen and oxygen atoms in total. The van der Waals surface area contributed by atoms with Gasteiger partial charge in [-0.3, -0.25) is 5.43 Å². The molecule has 1 aromatic heterocycles. The lowest BCUT2D eigenvalue weighted by atomic mass is 10.2. The molecule has 0 bridgehead atoms. The minimum absolute atomic E-state index is 0.493. The Morgan fingerprint density at radius 2 is 2.29 bits per heavy atom. The highest BCUT2D eigenvalue weighted by atomic mass is 15.3. The van der Waals surface area contributed by atoms with E-state index in [1.54, 1.807) is 0 Å². The predicted octanol–water partition coefficient (Wildman–Crippen LogP) is 1.84. The van der Waals surface area contributed by atoms with E-state index in [2.05, 4.69) is 34.1 Å². The van der Waals surface area contributed by atoms with E-state index >= 15 is 0 Å². The number of aryl methyl sites for hydroxylation is 1. The molecule has 2 rings (SSSR count). The molecule has 0 spiro atoms.